The number of methoxy groups -OCH3 is 1. The van der Waals surface area contributed by atoms with Gasteiger partial charge in [0.1, 0.15) is 6.04 Å². The Morgan fingerprint density at radius 1 is 1.50 bits per heavy atom. The highest BCUT2D eigenvalue weighted by Gasteiger charge is 2.31. The largest absolute Gasteiger partial charge is 0.468 e. The van der Waals surface area contributed by atoms with Crippen molar-refractivity contribution in [3.8, 4) is 0 Å². The molecule has 1 fully saturated rings. The molecule has 0 spiro atoms. The van der Waals surface area contributed by atoms with Crippen molar-refractivity contribution in [3.05, 3.63) is 17.5 Å². The first-order valence-electron chi connectivity index (χ1n) is 7.20. The van der Waals surface area contributed by atoms with Crippen LogP contribution >= 0.6 is 0 Å². The molecule has 5 nitrogen and oxygen atoms in total. The molecule has 1 aromatic heterocycles. The summed E-state index contributed by atoms with van der Waals surface area (Å²) in [5.74, 6) is -0.184. The van der Waals surface area contributed by atoms with Crippen molar-refractivity contribution in [3.63, 3.8) is 0 Å². The van der Waals surface area contributed by atoms with Crippen molar-refractivity contribution in [1.82, 2.24) is 15.1 Å². The highest BCUT2D eigenvalue weighted by molar-refractivity contribution is 5.75. The monoisotopic (exact) mass is 279 g/mol. The number of hydrogen-bond donors (Lipinski definition) is 1. The molecule has 112 valence electrons. The van der Waals surface area contributed by atoms with Crippen molar-refractivity contribution in [2.45, 2.75) is 58.0 Å². The molecule has 0 radical (unpaired) electrons. The van der Waals surface area contributed by atoms with E-state index in [1.54, 1.807) is 0 Å². The average Bonchev–Trinajstić information content (AvgIpc) is 2.80. The zero-order valence-electron chi connectivity index (χ0n) is 13.1. The molecule has 1 N–H and O–H groups in total. The normalized spacial score (nSPS) is 23.6. The summed E-state index contributed by atoms with van der Waals surface area (Å²) >= 11 is 0. The third-order valence-electron chi connectivity index (χ3n) is 3.83. The summed E-state index contributed by atoms with van der Waals surface area (Å²) in [4.78, 5) is 11.7. The van der Waals surface area contributed by atoms with Crippen LogP contribution in [0.25, 0.3) is 0 Å². The average molecular weight is 279 g/mol. The fraction of sp³-hybridized carbons (Fsp3) is 0.733. The first-order valence-corrected chi connectivity index (χ1v) is 7.20. The van der Waals surface area contributed by atoms with E-state index < -0.39 is 0 Å². The molecular weight excluding hydrogens is 254 g/mol. The van der Waals surface area contributed by atoms with E-state index >= 15 is 0 Å². The number of carbonyl (C=O) groups is 1. The second-order valence-electron chi connectivity index (χ2n) is 6.57. The molecule has 1 aliphatic rings. The molecular formula is C15H25N3O2. The van der Waals surface area contributed by atoms with Gasteiger partial charge in [0.05, 0.1) is 18.8 Å². The number of ether oxygens (including phenoxy) is 1. The Morgan fingerprint density at radius 2 is 2.20 bits per heavy atom. The van der Waals surface area contributed by atoms with Crippen LogP contribution in [0.2, 0.25) is 0 Å². The van der Waals surface area contributed by atoms with Gasteiger partial charge in [-0.05, 0) is 32.4 Å². The van der Waals surface area contributed by atoms with Gasteiger partial charge in [-0.1, -0.05) is 20.8 Å². The van der Waals surface area contributed by atoms with Crippen LogP contribution in [-0.2, 0) is 14.9 Å². The minimum Gasteiger partial charge on any atom is -0.468 e. The van der Waals surface area contributed by atoms with Gasteiger partial charge in [0.25, 0.3) is 0 Å². The quantitative estimate of drug-likeness (QED) is 0.841. The van der Waals surface area contributed by atoms with Gasteiger partial charge in [0.2, 0.25) is 0 Å². The molecule has 1 saturated heterocycles. The molecule has 0 saturated carbocycles. The van der Waals surface area contributed by atoms with E-state index in [4.69, 9.17) is 4.74 Å². The Hall–Kier alpha value is -1.36. The SMILES string of the molecule is COC(=O)C1CC(n2nc(C)cc2C(C)(C)C)CCN1. The van der Waals surface area contributed by atoms with E-state index in [9.17, 15) is 4.79 Å². The number of hydrogen-bond acceptors (Lipinski definition) is 4. The molecule has 2 rings (SSSR count). The van der Waals surface area contributed by atoms with Crippen LogP contribution in [0, 0.1) is 6.92 Å². The van der Waals surface area contributed by atoms with E-state index in [0.717, 1.165) is 25.1 Å². The molecule has 20 heavy (non-hydrogen) atoms. The van der Waals surface area contributed by atoms with Gasteiger partial charge in [-0.15, -0.1) is 0 Å². The predicted octanol–water partition coefficient (Wildman–Crippen LogP) is 1.96. The highest BCUT2D eigenvalue weighted by atomic mass is 16.5. The number of rotatable bonds is 2. The molecule has 1 aromatic rings. The van der Waals surface area contributed by atoms with Crippen LogP contribution in [0.4, 0.5) is 0 Å². The molecule has 0 amide bonds. The Bertz CT molecular complexity index is 488. The van der Waals surface area contributed by atoms with E-state index in [0.29, 0.717) is 0 Å². The summed E-state index contributed by atoms with van der Waals surface area (Å²) in [6.07, 6.45) is 1.72. The Kier molecular flexibility index (Phi) is 4.18. The zero-order chi connectivity index (χ0) is 14.9. The van der Waals surface area contributed by atoms with Crippen molar-refractivity contribution in [2.75, 3.05) is 13.7 Å². The lowest BCUT2D eigenvalue weighted by atomic mass is 9.90. The first kappa shape index (κ1) is 15.0. The lowest BCUT2D eigenvalue weighted by Crippen LogP contribution is -2.45. The first-order chi connectivity index (χ1) is 9.32. The summed E-state index contributed by atoms with van der Waals surface area (Å²) in [5.41, 5.74) is 2.31. The van der Waals surface area contributed by atoms with Crippen LogP contribution < -0.4 is 5.32 Å². The smallest absolute Gasteiger partial charge is 0.322 e. The minimum absolute atomic E-state index is 0.0485. The molecule has 0 bridgehead atoms. The van der Waals surface area contributed by atoms with Gasteiger partial charge in [-0.3, -0.25) is 9.48 Å². The molecule has 0 aliphatic carbocycles. The molecule has 2 unspecified atom stereocenters. The molecule has 0 aromatic carbocycles. The van der Waals surface area contributed by atoms with Gasteiger partial charge in [0, 0.05) is 11.1 Å². The van der Waals surface area contributed by atoms with Crippen LogP contribution in [0.5, 0.6) is 0 Å². The second-order valence-corrected chi connectivity index (χ2v) is 6.57. The van der Waals surface area contributed by atoms with Crippen molar-refractivity contribution in [2.24, 2.45) is 0 Å². The van der Waals surface area contributed by atoms with Gasteiger partial charge in [-0.2, -0.15) is 5.10 Å². The lowest BCUT2D eigenvalue weighted by Gasteiger charge is -2.32. The maximum atomic E-state index is 11.7. The van der Waals surface area contributed by atoms with Crippen molar-refractivity contribution >= 4 is 5.97 Å². The van der Waals surface area contributed by atoms with Gasteiger partial charge < -0.3 is 10.1 Å². The van der Waals surface area contributed by atoms with E-state index in [-0.39, 0.29) is 23.5 Å². The molecule has 5 heteroatoms. The summed E-state index contributed by atoms with van der Waals surface area (Å²) in [6, 6.07) is 2.18. The number of esters is 1. The van der Waals surface area contributed by atoms with Gasteiger partial charge in [0.15, 0.2) is 0 Å². The summed E-state index contributed by atoms with van der Waals surface area (Å²) in [6.45, 7) is 9.41. The number of piperidine rings is 1. The minimum atomic E-state index is -0.226. The Morgan fingerprint density at radius 3 is 2.80 bits per heavy atom. The predicted molar refractivity (Wildman–Crippen MR) is 77.7 cm³/mol. The van der Waals surface area contributed by atoms with Gasteiger partial charge >= 0.3 is 5.97 Å². The lowest BCUT2D eigenvalue weighted by molar-refractivity contribution is -0.144. The Labute approximate surface area is 120 Å². The van der Waals surface area contributed by atoms with Gasteiger partial charge in [-0.25, -0.2) is 0 Å². The molecule has 2 atom stereocenters. The zero-order valence-corrected chi connectivity index (χ0v) is 13.1. The maximum Gasteiger partial charge on any atom is 0.322 e. The summed E-state index contributed by atoms with van der Waals surface area (Å²) in [5, 5.41) is 7.88. The number of nitrogens with one attached hydrogen (secondary N) is 1. The summed E-state index contributed by atoms with van der Waals surface area (Å²) in [7, 11) is 1.44. The highest BCUT2D eigenvalue weighted by Crippen LogP contribution is 2.30. The number of carbonyl (C=O) groups excluding carboxylic acids is 1. The maximum absolute atomic E-state index is 11.7. The third-order valence-corrected chi connectivity index (χ3v) is 3.83. The van der Waals surface area contributed by atoms with Crippen molar-refractivity contribution < 1.29 is 9.53 Å². The second kappa shape index (κ2) is 5.56. The topological polar surface area (TPSA) is 56.2 Å². The third kappa shape index (κ3) is 3.03. The standard InChI is InChI=1S/C15H25N3O2/c1-10-8-13(15(2,3)4)18(17-10)11-6-7-16-12(9-11)14(19)20-5/h8,11-12,16H,6-7,9H2,1-5H3. The molecule has 2 heterocycles. The number of aromatic nitrogens is 2. The number of aryl methyl sites for hydroxylation is 1. The van der Waals surface area contributed by atoms with Crippen LogP contribution in [-0.4, -0.2) is 35.4 Å². The van der Waals surface area contributed by atoms with E-state index in [1.165, 1.54) is 12.8 Å². The van der Waals surface area contributed by atoms with Crippen LogP contribution in [0.1, 0.15) is 51.0 Å². The summed E-state index contributed by atoms with van der Waals surface area (Å²) < 4.78 is 6.96. The number of nitrogens with zero attached hydrogens (tertiary/aromatic N) is 2. The van der Waals surface area contributed by atoms with E-state index in [2.05, 4.69) is 41.9 Å². The van der Waals surface area contributed by atoms with Crippen LogP contribution in [0.3, 0.4) is 0 Å². The Balaban J connectivity index is 2.25. The van der Waals surface area contributed by atoms with Crippen molar-refractivity contribution in [1.29, 1.82) is 0 Å². The fourth-order valence-corrected chi connectivity index (χ4v) is 2.80. The van der Waals surface area contributed by atoms with Crippen LogP contribution in [0.15, 0.2) is 6.07 Å². The molecule has 1 aliphatic heterocycles. The van der Waals surface area contributed by atoms with E-state index in [1.807, 2.05) is 6.92 Å². The fourth-order valence-electron chi connectivity index (χ4n) is 2.80.